The number of nitrogens with one attached hydrogen (secondary N) is 1. The Morgan fingerprint density at radius 1 is 0.967 bits per heavy atom. The second-order valence-electron chi connectivity index (χ2n) is 7.81. The fraction of sp³-hybridized carbons (Fsp3) is 0.348. The number of para-hydroxylation sites is 1. The van der Waals surface area contributed by atoms with Gasteiger partial charge in [-0.25, -0.2) is 4.79 Å². The highest BCUT2D eigenvalue weighted by Gasteiger charge is 2.55. The van der Waals surface area contributed by atoms with Crippen molar-refractivity contribution in [2.24, 2.45) is 0 Å². The number of nitrogens with zero attached hydrogens (tertiary/aromatic N) is 2. The molecule has 0 bridgehead atoms. The first kappa shape index (κ1) is 19.9. The molecule has 2 aliphatic rings. The molecule has 2 fully saturated rings. The van der Waals surface area contributed by atoms with E-state index in [1.54, 1.807) is 31.3 Å². The zero-order valence-electron chi connectivity index (χ0n) is 17.0. The third kappa shape index (κ3) is 3.75. The molecule has 1 aliphatic heterocycles. The molecule has 4 rings (SSSR count). The zero-order valence-corrected chi connectivity index (χ0v) is 17.0. The molecule has 1 saturated carbocycles. The van der Waals surface area contributed by atoms with E-state index in [1.165, 1.54) is 4.90 Å². The van der Waals surface area contributed by atoms with Crippen molar-refractivity contribution in [3.8, 4) is 11.5 Å². The van der Waals surface area contributed by atoms with Gasteiger partial charge in [-0.05, 0) is 49.2 Å². The van der Waals surface area contributed by atoms with Gasteiger partial charge < -0.3 is 15.0 Å². The Morgan fingerprint density at radius 2 is 1.60 bits per heavy atom. The summed E-state index contributed by atoms with van der Waals surface area (Å²) in [6.07, 6.45) is 4.23. The molecular weight excluding hydrogens is 382 g/mol. The highest BCUT2D eigenvalue weighted by atomic mass is 16.5. The average Bonchev–Trinajstić information content (AvgIpc) is 2.93. The van der Waals surface area contributed by atoms with Crippen molar-refractivity contribution in [3.05, 3.63) is 54.6 Å². The predicted molar refractivity (Wildman–Crippen MR) is 112 cm³/mol. The quantitative estimate of drug-likeness (QED) is 0.760. The molecule has 156 valence electrons. The van der Waals surface area contributed by atoms with E-state index in [0.717, 1.165) is 29.9 Å². The van der Waals surface area contributed by atoms with Gasteiger partial charge in [0.05, 0.1) is 0 Å². The lowest BCUT2D eigenvalue weighted by molar-refractivity contribution is -0.136. The molecule has 0 atom stereocenters. The molecule has 7 heteroatoms. The molecule has 7 nitrogen and oxygen atoms in total. The van der Waals surface area contributed by atoms with Crippen molar-refractivity contribution in [3.63, 3.8) is 0 Å². The number of hydrogen-bond acceptors (Lipinski definition) is 4. The highest BCUT2D eigenvalue weighted by molar-refractivity contribution is 6.10. The van der Waals surface area contributed by atoms with Gasteiger partial charge in [-0.1, -0.05) is 37.5 Å². The molecule has 1 saturated heterocycles. The summed E-state index contributed by atoms with van der Waals surface area (Å²) < 4.78 is 5.73. The molecular formula is C23H25N3O4. The van der Waals surface area contributed by atoms with Crippen LogP contribution >= 0.6 is 0 Å². The number of benzene rings is 2. The summed E-state index contributed by atoms with van der Waals surface area (Å²) >= 11 is 0. The van der Waals surface area contributed by atoms with Crippen LogP contribution in [0.5, 0.6) is 11.5 Å². The summed E-state index contributed by atoms with van der Waals surface area (Å²) in [7, 11) is 1.66. The van der Waals surface area contributed by atoms with E-state index in [2.05, 4.69) is 5.32 Å². The van der Waals surface area contributed by atoms with Crippen LogP contribution in [0.1, 0.15) is 32.1 Å². The number of urea groups is 1. The van der Waals surface area contributed by atoms with Crippen LogP contribution in [-0.4, -0.2) is 46.8 Å². The molecule has 0 unspecified atom stereocenters. The fourth-order valence-electron chi connectivity index (χ4n) is 4.25. The van der Waals surface area contributed by atoms with Crippen LogP contribution in [0.2, 0.25) is 0 Å². The highest BCUT2D eigenvalue weighted by Crippen LogP contribution is 2.39. The summed E-state index contributed by atoms with van der Waals surface area (Å²) in [5.41, 5.74) is -0.202. The van der Waals surface area contributed by atoms with Crippen molar-refractivity contribution in [2.45, 2.75) is 37.6 Å². The number of rotatable bonds is 5. The molecule has 2 aromatic rings. The predicted octanol–water partition coefficient (Wildman–Crippen LogP) is 4.01. The largest absolute Gasteiger partial charge is 0.457 e. The molecule has 1 aliphatic carbocycles. The maximum atomic E-state index is 13.0. The van der Waals surface area contributed by atoms with E-state index in [-0.39, 0.29) is 12.5 Å². The van der Waals surface area contributed by atoms with Gasteiger partial charge in [0.25, 0.3) is 5.91 Å². The average molecular weight is 407 g/mol. The lowest BCUT2D eigenvalue weighted by atomic mass is 9.81. The molecule has 0 aromatic heterocycles. The van der Waals surface area contributed by atoms with Crippen molar-refractivity contribution in [2.75, 3.05) is 18.9 Å². The van der Waals surface area contributed by atoms with Crippen LogP contribution in [0, 0.1) is 0 Å². The van der Waals surface area contributed by atoms with E-state index in [4.69, 9.17) is 4.74 Å². The minimum absolute atomic E-state index is 0.253. The Bertz CT molecular complexity index is 937. The van der Waals surface area contributed by atoms with Gasteiger partial charge in [-0.3, -0.25) is 14.5 Å². The Balaban J connectivity index is 1.37. The van der Waals surface area contributed by atoms with Crippen molar-refractivity contribution in [1.29, 1.82) is 0 Å². The molecule has 0 radical (unpaired) electrons. The second kappa shape index (κ2) is 8.18. The van der Waals surface area contributed by atoms with Gasteiger partial charge in [0.15, 0.2) is 0 Å². The first-order valence-corrected chi connectivity index (χ1v) is 10.2. The molecule has 1 N–H and O–H groups in total. The molecule has 30 heavy (non-hydrogen) atoms. The maximum absolute atomic E-state index is 13.0. The number of anilines is 1. The Kier molecular flexibility index (Phi) is 5.44. The van der Waals surface area contributed by atoms with E-state index in [1.807, 2.05) is 30.3 Å². The summed E-state index contributed by atoms with van der Waals surface area (Å²) in [5.74, 6) is 0.706. The summed E-state index contributed by atoms with van der Waals surface area (Å²) in [6, 6.07) is 15.9. The summed E-state index contributed by atoms with van der Waals surface area (Å²) in [4.78, 5) is 40.7. The van der Waals surface area contributed by atoms with Crippen LogP contribution < -0.4 is 10.1 Å². The first-order chi connectivity index (χ1) is 14.5. The SMILES string of the molecule is CN1C(=O)N(CC(=O)Nc2ccc(Oc3ccccc3)cc2)C(=O)C12CCCCC2. The first-order valence-electron chi connectivity index (χ1n) is 10.2. The number of likely N-dealkylation sites (N-methyl/N-ethyl adjacent to an activating group) is 1. The fourth-order valence-corrected chi connectivity index (χ4v) is 4.25. The summed E-state index contributed by atoms with van der Waals surface area (Å²) in [6.45, 7) is -0.286. The minimum atomic E-state index is -0.772. The maximum Gasteiger partial charge on any atom is 0.327 e. The Labute approximate surface area is 175 Å². The topological polar surface area (TPSA) is 79.0 Å². The number of carbonyl (C=O) groups excluding carboxylic acids is 3. The normalized spacial score (nSPS) is 18.0. The van der Waals surface area contributed by atoms with E-state index in [9.17, 15) is 14.4 Å². The van der Waals surface area contributed by atoms with Crippen LogP contribution in [0.25, 0.3) is 0 Å². The number of carbonyl (C=O) groups is 3. The second-order valence-corrected chi connectivity index (χ2v) is 7.81. The van der Waals surface area contributed by atoms with Crippen LogP contribution in [-0.2, 0) is 9.59 Å². The van der Waals surface area contributed by atoms with Crippen LogP contribution in [0.4, 0.5) is 10.5 Å². The smallest absolute Gasteiger partial charge is 0.327 e. The number of ether oxygens (including phenoxy) is 1. The standard InChI is InChI=1S/C23H25N3O4/c1-25-22(29)26(21(28)23(25)14-6-3-7-15-23)16-20(27)24-17-10-12-19(13-11-17)30-18-8-4-2-5-9-18/h2,4-5,8-13H,3,6-7,14-16H2,1H3,(H,24,27). The third-order valence-corrected chi connectivity index (χ3v) is 5.90. The third-order valence-electron chi connectivity index (χ3n) is 5.90. The zero-order chi connectivity index (χ0) is 21.1. The van der Waals surface area contributed by atoms with Crippen molar-refractivity contribution < 1.29 is 19.1 Å². The van der Waals surface area contributed by atoms with Gasteiger partial charge >= 0.3 is 6.03 Å². The monoisotopic (exact) mass is 407 g/mol. The van der Waals surface area contributed by atoms with E-state index >= 15 is 0 Å². The lowest BCUT2D eigenvalue weighted by Crippen LogP contribution is -2.49. The van der Waals surface area contributed by atoms with Gasteiger partial charge in [-0.2, -0.15) is 0 Å². The van der Waals surface area contributed by atoms with Crippen molar-refractivity contribution >= 4 is 23.5 Å². The van der Waals surface area contributed by atoms with E-state index < -0.39 is 17.5 Å². The Morgan fingerprint density at radius 3 is 2.27 bits per heavy atom. The number of hydrogen-bond donors (Lipinski definition) is 1. The van der Waals surface area contributed by atoms with Gasteiger partial charge in [0.2, 0.25) is 5.91 Å². The summed E-state index contributed by atoms with van der Waals surface area (Å²) in [5, 5.41) is 2.75. The van der Waals surface area contributed by atoms with Gasteiger partial charge in [-0.15, -0.1) is 0 Å². The number of imide groups is 1. The van der Waals surface area contributed by atoms with Gasteiger partial charge in [0, 0.05) is 12.7 Å². The van der Waals surface area contributed by atoms with Crippen LogP contribution in [0.3, 0.4) is 0 Å². The number of amides is 4. The van der Waals surface area contributed by atoms with E-state index in [0.29, 0.717) is 24.3 Å². The van der Waals surface area contributed by atoms with Gasteiger partial charge in [0.1, 0.15) is 23.6 Å². The molecule has 2 aromatic carbocycles. The molecule has 1 heterocycles. The Hall–Kier alpha value is -3.35. The lowest BCUT2D eigenvalue weighted by Gasteiger charge is -2.35. The minimum Gasteiger partial charge on any atom is -0.457 e. The van der Waals surface area contributed by atoms with Crippen molar-refractivity contribution in [1.82, 2.24) is 9.80 Å². The molecule has 1 spiro atoms. The van der Waals surface area contributed by atoms with Crippen LogP contribution in [0.15, 0.2) is 54.6 Å². The molecule has 4 amide bonds.